The monoisotopic (exact) mass is 370 g/mol. The van der Waals surface area contributed by atoms with Gasteiger partial charge in [0.25, 0.3) is 5.56 Å². The quantitative estimate of drug-likeness (QED) is 0.730. The van der Waals surface area contributed by atoms with E-state index in [0.29, 0.717) is 11.4 Å². The molecular formula is C20H26N4O3. The molecule has 1 heterocycles. The van der Waals surface area contributed by atoms with Crippen LogP contribution in [0.4, 0.5) is 16.2 Å². The predicted octanol–water partition coefficient (Wildman–Crippen LogP) is 3.02. The second-order valence-corrected chi connectivity index (χ2v) is 6.60. The van der Waals surface area contributed by atoms with Crippen LogP contribution in [0.3, 0.4) is 0 Å². The summed E-state index contributed by atoms with van der Waals surface area (Å²) in [5, 5.41) is 8.06. The third kappa shape index (κ3) is 5.70. The van der Waals surface area contributed by atoms with Crippen LogP contribution in [0.1, 0.15) is 31.5 Å². The summed E-state index contributed by atoms with van der Waals surface area (Å²) in [7, 11) is 0. The van der Waals surface area contributed by atoms with Gasteiger partial charge < -0.3 is 20.5 Å². The second-order valence-electron chi connectivity index (χ2n) is 6.60. The van der Waals surface area contributed by atoms with E-state index < -0.39 is 11.6 Å². The number of aryl methyl sites for hydroxylation is 2. The SMILES string of the molecule is CCC(C)NC(=O)Cn1c(C)ccc(NC(=O)Nc2ccc(C)cc2)c1=O. The Morgan fingerprint density at radius 3 is 2.33 bits per heavy atom. The average Bonchev–Trinajstić information content (AvgIpc) is 2.63. The fourth-order valence-electron chi connectivity index (χ4n) is 2.45. The smallest absolute Gasteiger partial charge is 0.323 e. The number of urea groups is 1. The minimum absolute atomic E-state index is 0.0371. The van der Waals surface area contributed by atoms with Gasteiger partial charge in [-0.25, -0.2) is 4.79 Å². The molecule has 2 rings (SSSR count). The molecule has 7 heteroatoms. The highest BCUT2D eigenvalue weighted by molar-refractivity contribution is 5.99. The zero-order valence-electron chi connectivity index (χ0n) is 16.1. The van der Waals surface area contributed by atoms with Crippen molar-refractivity contribution >= 4 is 23.3 Å². The van der Waals surface area contributed by atoms with Gasteiger partial charge in [0.2, 0.25) is 5.91 Å². The van der Waals surface area contributed by atoms with Crippen molar-refractivity contribution in [3.63, 3.8) is 0 Å². The van der Waals surface area contributed by atoms with Crippen molar-refractivity contribution in [3.8, 4) is 0 Å². The zero-order chi connectivity index (χ0) is 20.0. The zero-order valence-corrected chi connectivity index (χ0v) is 16.1. The van der Waals surface area contributed by atoms with Crippen LogP contribution in [0.5, 0.6) is 0 Å². The van der Waals surface area contributed by atoms with Crippen molar-refractivity contribution in [2.75, 3.05) is 10.6 Å². The largest absolute Gasteiger partial charge is 0.352 e. The average molecular weight is 370 g/mol. The molecule has 7 nitrogen and oxygen atoms in total. The first kappa shape index (κ1) is 20.2. The Hall–Kier alpha value is -3.09. The van der Waals surface area contributed by atoms with E-state index in [1.807, 2.05) is 32.9 Å². The van der Waals surface area contributed by atoms with Crippen molar-refractivity contribution in [3.05, 3.63) is 58.0 Å². The maximum absolute atomic E-state index is 12.7. The van der Waals surface area contributed by atoms with Gasteiger partial charge in [0.15, 0.2) is 0 Å². The van der Waals surface area contributed by atoms with Crippen LogP contribution in [-0.2, 0) is 11.3 Å². The molecule has 0 aliphatic rings. The third-order valence-corrected chi connectivity index (χ3v) is 4.27. The summed E-state index contributed by atoms with van der Waals surface area (Å²) in [6.07, 6.45) is 0.806. The second kappa shape index (κ2) is 9.02. The molecule has 1 aromatic carbocycles. The predicted molar refractivity (Wildman–Crippen MR) is 107 cm³/mol. The molecule has 2 aromatic rings. The molecule has 1 aromatic heterocycles. The Morgan fingerprint density at radius 2 is 1.70 bits per heavy atom. The highest BCUT2D eigenvalue weighted by Gasteiger charge is 2.13. The van der Waals surface area contributed by atoms with Crippen LogP contribution in [0.2, 0.25) is 0 Å². The van der Waals surface area contributed by atoms with Crippen molar-refractivity contribution in [1.82, 2.24) is 9.88 Å². The Bertz CT molecular complexity index is 872. The highest BCUT2D eigenvalue weighted by Crippen LogP contribution is 2.10. The number of rotatable bonds is 6. The molecule has 0 aliphatic heterocycles. The standard InChI is InChI=1S/C20H26N4O3/c1-5-14(3)21-18(25)12-24-15(4)8-11-17(19(24)26)23-20(27)22-16-9-6-13(2)7-10-16/h6-11,14H,5,12H2,1-4H3,(H,21,25)(H2,22,23,27). The van der Waals surface area contributed by atoms with Gasteiger partial charge >= 0.3 is 6.03 Å². The maximum Gasteiger partial charge on any atom is 0.323 e. The van der Waals surface area contributed by atoms with Gasteiger partial charge in [0, 0.05) is 17.4 Å². The number of nitrogens with zero attached hydrogens (tertiary/aromatic N) is 1. The number of nitrogens with one attached hydrogen (secondary N) is 3. The van der Waals surface area contributed by atoms with Crippen molar-refractivity contribution in [1.29, 1.82) is 0 Å². The topological polar surface area (TPSA) is 92.2 Å². The van der Waals surface area contributed by atoms with Gasteiger partial charge in [-0.15, -0.1) is 0 Å². The molecule has 0 bridgehead atoms. The minimum Gasteiger partial charge on any atom is -0.352 e. The molecule has 27 heavy (non-hydrogen) atoms. The number of carbonyl (C=O) groups excluding carboxylic acids is 2. The van der Waals surface area contributed by atoms with Gasteiger partial charge in [0.05, 0.1) is 0 Å². The fraction of sp³-hybridized carbons (Fsp3) is 0.350. The molecule has 0 aliphatic carbocycles. The van der Waals surface area contributed by atoms with Crippen LogP contribution in [0.25, 0.3) is 0 Å². The molecule has 1 atom stereocenters. The molecule has 1 unspecified atom stereocenters. The number of anilines is 2. The number of carbonyl (C=O) groups is 2. The van der Waals surface area contributed by atoms with E-state index in [4.69, 9.17) is 0 Å². The Morgan fingerprint density at radius 1 is 1.04 bits per heavy atom. The highest BCUT2D eigenvalue weighted by atomic mass is 16.2. The van der Waals surface area contributed by atoms with E-state index in [-0.39, 0.29) is 24.2 Å². The Kier molecular flexibility index (Phi) is 6.76. The van der Waals surface area contributed by atoms with E-state index in [2.05, 4.69) is 16.0 Å². The number of aromatic nitrogens is 1. The van der Waals surface area contributed by atoms with Crippen molar-refractivity contribution in [2.24, 2.45) is 0 Å². The molecule has 0 saturated carbocycles. The van der Waals surface area contributed by atoms with E-state index in [9.17, 15) is 14.4 Å². The van der Waals surface area contributed by atoms with Crippen molar-refractivity contribution < 1.29 is 9.59 Å². The normalized spacial score (nSPS) is 11.6. The Balaban J connectivity index is 2.11. The first-order valence-electron chi connectivity index (χ1n) is 8.94. The lowest BCUT2D eigenvalue weighted by Crippen LogP contribution is -2.38. The molecule has 3 amide bonds. The Labute approximate surface area is 158 Å². The number of benzene rings is 1. The summed E-state index contributed by atoms with van der Waals surface area (Å²) >= 11 is 0. The summed E-state index contributed by atoms with van der Waals surface area (Å²) in [6, 6.07) is 10.1. The molecule has 3 N–H and O–H groups in total. The van der Waals surface area contributed by atoms with Crippen LogP contribution in [0.15, 0.2) is 41.2 Å². The van der Waals surface area contributed by atoms with E-state index >= 15 is 0 Å². The van der Waals surface area contributed by atoms with Crippen LogP contribution < -0.4 is 21.5 Å². The number of pyridine rings is 1. The van der Waals surface area contributed by atoms with Crippen LogP contribution in [0, 0.1) is 13.8 Å². The molecule has 0 spiro atoms. The summed E-state index contributed by atoms with van der Waals surface area (Å²) in [5.41, 5.74) is 2.04. The molecule has 0 fully saturated rings. The number of hydrogen-bond donors (Lipinski definition) is 3. The molecule has 144 valence electrons. The summed E-state index contributed by atoms with van der Waals surface area (Å²) in [5.74, 6) is -0.240. The first-order chi connectivity index (χ1) is 12.8. The lowest BCUT2D eigenvalue weighted by atomic mass is 10.2. The number of hydrogen-bond acceptors (Lipinski definition) is 3. The molecular weight excluding hydrogens is 344 g/mol. The lowest BCUT2D eigenvalue weighted by Gasteiger charge is -2.15. The summed E-state index contributed by atoms with van der Waals surface area (Å²) in [4.78, 5) is 36.9. The van der Waals surface area contributed by atoms with Gasteiger partial charge in [-0.2, -0.15) is 0 Å². The maximum atomic E-state index is 12.7. The van der Waals surface area contributed by atoms with Gasteiger partial charge in [-0.05, 0) is 51.5 Å². The molecule has 0 radical (unpaired) electrons. The van der Waals surface area contributed by atoms with E-state index in [1.165, 1.54) is 10.6 Å². The van der Waals surface area contributed by atoms with Crippen LogP contribution in [-0.4, -0.2) is 22.5 Å². The first-order valence-corrected chi connectivity index (χ1v) is 8.94. The fourth-order valence-corrected chi connectivity index (χ4v) is 2.45. The van der Waals surface area contributed by atoms with Gasteiger partial charge in [-0.3, -0.25) is 9.59 Å². The van der Waals surface area contributed by atoms with Crippen molar-refractivity contribution in [2.45, 2.75) is 46.7 Å². The summed E-state index contributed by atoms with van der Waals surface area (Å²) in [6.45, 7) is 7.48. The lowest BCUT2D eigenvalue weighted by molar-refractivity contribution is -0.122. The molecule has 0 saturated heterocycles. The third-order valence-electron chi connectivity index (χ3n) is 4.27. The number of amides is 3. The van der Waals surface area contributed by atoms with Gasteiger partial charge in [0.1, 0.15) is 12.2 Å². The van der Waals surface area contributed by atoms with Crippen LogP contribution >= 0.6 is 0 Å². The van der Waals surface area contributed by atoms with E-state index in [1.54, 1.807) is 25.1 Å². The van der Waals surface area contributed by atoms with Gasteiger partial charge in [-0.1, -0.05) is 24.6 Å². The van der Waals surface area contributed by atoms with E-state index in [0.717, 1.165) is 12.0 Å². The summed E-state index contributed by atoms with van der Waals surface area (Å²) < 4.78 is 1.35. The minimum atomic E-state index is -0.518.